The van der Waals surface area contributed by atoms with Crippen LogP contribution >= 0.6 is 0 Å². The van der Waals surface area contributed by atoms with Gasteiger partial charge in [-0.25, -0.2) is 0 Å². The molecule has 0 aromatic heterocycles. The molecule has 0 spiro atoms. The Morgan fingerprint density at radius 2 is 1.87 bits per heavy atom. The van der Waals surface area contributed by atoms with Gasteiger partial charge >= 0.3 is 0 Å². The normalized spacial score (nSPS) is 12.3. The number of nitrogens with zero attached hydrogens (tertiary/aromatic N) is 1. The number of hydrogen-bond donors (Lipinski definition) is 0. The fourth-order valence-corrected chi connectivity index (χ4v) is 2.50. The van der Waals surface area contributed by atoms with Gasteiger partial charge in [-0.1, -0.05) is 18.2 Å². The lowest BCUT2D eigenvalue weighted by atomic mass is 10.2. The van der Waals surface area contributed by atoms with Gasteiger partial charge in [0, 0.05) is 17.8 Å². The number of ether oxygens (including phenoxy) is 3. The highest BCUT2D eigenvalue weighted by Crippen LogP contribution is 2.35. The maximum atomic E-state index is 12.5. The molecule has 2 aromatic rings. The zero-order valence-corrected chi connectivity index (χ0v) is 13.2. The summed E-state index contributed by atoms with van der Waals surface area (Å²) in [5.41, 5.74) is 0.863. The molecule has 23 heavy (non-hydrogen) atoms. The van der Waals surface area contributed by atoms with Crippen LogP contribution in [0.5, 0.6) is 17.2 Å². The van der Waals surface area contributed by atoms with Crippen LogP contribution in [0.25, 0.3) is 0 Å². The monoisotopic (exact) mass is 313 g/mol. The third-order valence-electron chi connectivity index (χ3n) is 3.53. The molecule has 3 rings (SSSR count). The van der Waals surface area contributed by atoms with Crippen molar-refractivity contribution in [1.82, 2.24) is 0 Å². The number of hydrogen-bond acceptors (Lipinski definition) is 4. The first-order valence-corrected chi connectivity index (χ1v) is 7.54. The van der Waals surface area contributed by atoms with Crippen LogP contribution in [0.2, 0.25) is 0 Å². The first-order chi connectivity index (χ1) is 11.1. The largest absolute Gasteiger partial charge is 0.484 e. The number of carbonyl (C=O) groups is 1. The van der Waals surface area contributed by atoms with E-state index in [0.717, 1.165) is 5.69 Å². The summed E-state index contributed by atoms with van der Waals surface area (Å²) >= 11 is 0. The summed E-state index contributed by atoms with van der Waals surface area (Å²) in [6, 6.07) is 14.9. The van der Waals surface area contributed by atoms with Gasteiger partial charge in [-0.15, -0.1) is 0 Å². The number of fused-ring (bicyclic) bond motifs is 1. The Balaban J connectivity index is 1.68. The number of amides is 1. The van der Waals surface area contributed by atoms with Crippen molar-refractivity contribution in [1.29, 1.82) is 0 Å². The predicted molar refractivity (Wildman–Crippen MR) is 87.1 cm³/mol. The summed E-state index contributed by atoms with van der Waals surface area (Å²) in [5.74, 6) is 1.82. The molecular weight excluding hydrogens is 294 g/mol. The van der Waals surface area contributed by atoms with Gasteiger partial charge in [-0.3, -0.25) is 4.79 Å². The van der Waals surface area contributed by atoms with E-state index in [1.54, 1.807) is 23.1 Å². The summed E-state index contributed by atoms with van der Waals surface area (Å²) in [6.07, 6.45) is 0. The minimum Gasteiger partial charge on any atom is -0.484 e. The van der Waals surface area contributed by atoms with Crippen molar-refractivity contribution in [3.05, 3.63) is 48.5 Å². The van der Waals surface area contributed by atoms with E-state index in [1.165, 1.54) is 0 Å². The molecule has 0 atom stereocenters. The average molecular weight is 313 g/mol. The number of carbonyl (C=O) groups excluding carboxylic acids is 1. The fourth-order valence-electron chi connectivity index (χ4n) is 2.50. The van der Waals surface area contributed by atoms with Gasteiger partial charge in [-0.05, 0) is 38.1 Å². The predicted octanol–water partition coefficient (Wildman–Crippen LogP) is 3.24. The summed E-state index contributed by atoms with van der Waals surface area (Å²) in [6.45, 7) is 4.14. The second-order valence-corrected chi connectivity index (χ2v) is 5.50. The molecule has 1 aliphatic heterocycles. The zero-order valence-electron chi connectivity index (χ0n) is 13.2. The molecule has 2 aromatic carbocycles. The van der Waals surface area contributed by atoms with Gasteiger partial charge in [0.05, 0.1) is 0 Å². The van der Waals surface area contributed by atoms with Crippen molar-refractivity contribution < 1.29 is 19.0 Å². The Morgan fingerprint density at radius 3 is 2.61 bits per heavy atom. The molecule has 1 heterocycles. The quantitative estimate of drug-likeness (QED) is 0.850. The molecule has 0 aliphatic carbocycles. The van der Waals surface area contributed by atoms with Crippen molar-refractivity contribution >= 4 is 11.6 Å². The first kappa shape index (κ1) is 15.2. The minimum atomic E-state index is -0.0936. The van der Waals surface area contributed by atoms with Crippen LogP contribution in [-0.2, 0) is 4.79 Å². The molecule has 0 saturated heterocycles. The fraction of sp³-hybridized carbons (Fsp3) is 0.278. The average Bonchev–Trinajstić information content (AvgIpc) is 3.01. The number of benzene rings is 2. The van der Waals surface area contributed by atoms with Gasteiger partial charge in [-0.2, -0.15) is 0 Å². The van der Waals surface area contributed by atoms with E-state index in [9.17, 15) is 4.79 Å². The lowest BCUT2D eigenvalue weighted by Crippen LogP contribution is -2.40. The van der Waals surface area contributed by atoms with Gasteiger partial charge in [0.15, 0.2) is 18.1 Å². The van der Waals surface area contributed by atoms with Gasteiger partial charge in [0.2, 0.25) is 6.79 Å². The Bertz CT molecular complexity index is 685. The molecule has 0 N–H and O–H groups in total. The van der Waals surface area contributed by atoms with Gasteiger partial charge in [0.25, 0.3) is 5.91 Å². The van der Waals surface area contributed by atoms with E-state index in [-0.39, 0.29) is 25.3 Å². The molecule has 1 amide bonds. The highest BCUT2D eigenvalue weighted by atomic mass is 16.7. The summed E-state index contributed by atoms with van der Waals surface area (Å²) in [4.78, 5) is 14.3. The lowest BCUT2D eigenvalue weighted by molar-refractivity contribution is -0.120. The third kappa shape index (κ3) is 3.39. The molecule has 5 nitrogen and oxygen atoms in total. The van der Waals surface area contributed by atoms with E-state index < -0.39 is 0 Å². The Kier molecular flexibility index (Phi) is 4.37. The molecule has 120 valence electrons. The van der Waals surface area contributed by atoms with Crippen molar-refractivity contribution in [2.45, 2.75) is 19.9 Å². The third-order valence-corrected chi connectivity index (χ3v) is 3.53. The van der Waals surface area contributed by atoms with Crippen molar-refractivity contribution in [3.63, 3.8) is 0 Å². The van der Waals surface area contributed by atoms with Crippen LogP contribution < -0.4 is 19.1 Å². The van der Waals surface area contributed by atoms with Crippen molar-refractivity contribution in [2.75, 3.05) is 18.3 Å². The van der Waals surface area contributed by atoms with Crippen LogP contribution in [0.1, 0.15) is 13.8 Å². The van der Waals surface area contributed by atoms with Gasteiger partial charge < -0.3 is 19.1 Å². The smallest absolute Gasteiger partial charge is 0.265 e. The molecular formula is C18H19NO4. The maximum Gasteiger partial charge on any atom is 0.265 e. The van der Waals surface area contributed by atoms with E-state index in [2.05, 4.69) is 0 Å². The van der Waals surface area contributed by atoms with Crippen molar-refractivity contribution in [2.24, 2.45) is 0 Å². The molecule has 0 saturated carbocycles. The molecule has 0 bridgehead atoms. The zero-order chi connectivity index (χ0) is 16.2. The standard InChI is InChI=1S/C18H19NO4/c1-13(2)19(14-6-4-3-5-7-14)18(20)11-21-15-8-9-16-17(10-15)23-12-22-16/h3-10,13H,11-12H2,1-2H3. The molecule has 5 heteroatoms. The Labute approximate surface area is 135 Å². The Morgan fingerprint density at radius 1 is 1.13 bits per heavy atom. The van der Waals surface area contributed by atoms with Crippen LogP contribution in [0.3, 0.4) is 0 Å². The van der Waals surface area contributed by atoms with Gasteiger partial charge in [0.1, 0.15) is 5.75 Å². The minimum absolute atomic E-state index is 0.0350. The SMILES string of the molecule is CC(C)N(C(=O)COc1ccc2c(c1)OCO2)c1ccccc1. The molecule has 0 unspecified atom stereocenters. The van der Waals surface area contributed by atoms with Crippen LogP contribution in [0.4, 0.5) is 5.69 Å². The Hall–Kier alpha value is -2.69. The molecule has 0 radical (unpaired) electrons. The summed E-state index contributed by atoms with van der Waals surface area (Å²) in [5, 5.41) is 0. The summed E-state index contributed by atoms with van der Waals surface area (Å²) < 4.78 is 16.2. The van der Waals surface area contributed by atoms with E-state index in [0.29, 0.717) is 17.2 Å². The maximum absolute atomic E-state index is 12.5. The lowest BCUT2D eigenvalue weighted by Gasteiger charge is -2.26. The first-order valence-electron chi connectivity index (χ1n) is 7.54. The number of rotatable bonds is 5. The van der Waals surface area contributed by atoms with E-state index in [4.69, 9.17) is 14.2 Å². The molecule has 1 aliphatic rings. The van der Waals surface area contributed by atoms with Crippen LogP contribution in [0, 0.1) is 0 Å². The number of anilines is 1. The van der Waals surface area contributed by atoms with Crippen LogP contribution in [0.15, 0.2) is 48.5 Å². The highest BCUT2D eigenvalue weighted by molar-refractivity contribution is 5.94. The molecule has 0 fully saturated rings. The van der Waals surface area contributed by atoms with Crippen molar-refractivity contribution in [3.8, 4) is 17.2 Å². The topological polar surface area (TPSA) is 48.0 Å². The van der Waals surface area contributed by atoms with E-state index >= 15 is 0 Å². The van der Waals surface area contributed by atoms with Crippen LogP contribution in [-0.4, -0.2) is 25.3 Å². The highest BCUT2D eigenvalue weighted by Gasteiger charge is 2.20. The second kappa shape index (κ2) is 6.60. The second-order valence-electron chi connectivity index (χ2n) is 5.50. The summed E-state index contributed by atoms with van der Waals surface area (Å²) in [7, 11) is 0. The van der Waals surface area contributed by atoms with E-state index in [1.807, 2.05) is 44.2 Å². The number of para-hydroxylation sites is 1.